The molecule has 17 heavy (non-hydrogen) atoms. The van der Waals surface area contributed by atoms with E-state index in [1.54, 1.807) is 16.7 Å². The zero-order chi connectivity index (χ0) is 12.7. The van der Waals surface area contributed by atoms with Gasteiger partial charge >= 0.3 is 5.97 Å². The lowest BCUT2D eigenvalue weighted by Gasteiger charge is -2.34. The minimum atomic E-state index is -0.847. The van der Waals surface area contributed by atoms with Gasteiger partial charge in [0.15, 0.2) is 0 Å². The molecule has 1 aliphatic heterocycles. The topological polar surface area (TPSA) is 66.8 Å². The Labute approximate surface area is 105 Å². The van der Waals surface area contributed by atoms with E-state index in [0.717, 1.165) is 5.75 Å². The predicted octanol–water partition coefficient (Wildman–Crippen LogP) is 0.832. The lowest BCUT2D eigenvalue weighted by atomic mass is 10.2. The Balaban J connectivity index is 2.45. The number of carbonyl (C=O) groups excluding carboxylic acids is 1. The minimum absolute atomic E-state index is 0.00463. The first-order chi connectivity index (χ1) is 8.15. The van der Waals surface area contributed by atoms with Crippen molar-refractivity contribution in [3.63, 3.8) is 0 Å². The highest BCUT2D eigenvalue weighted by Crippen LogP contribution is 2.19. The number of hydrogen-bond acceptors (Lipinski definition) is 4. The van der Waals surface area contributed by atoms with Gasteiger partial charge in [0.25, 0.3) is 0 Å². The zero-order valence-corrected chi connectivity index (χ0v) is 10.9. The second kappa shape index (κ2) is 7.55. The summed E-state index contributed by atoms with van der Waals surface area (Å²) in [6, 6.07) is -0.166. The Bertz CT molecular complexity index is 272. The second-order valence-electron chi connectivity index (χ2n) is 3.86. The highest BCUT2D eigenvalue weighted by atomic mass is 32.2. The molecule has 5 nitrogen and oxygen atoms in total. The molecule has 1 N–H and O–H groups in total. The summed E-state index contributed by atoms with van der Waals surface area (Å²) in [5, 5.41) is 8.81. The van der Waals surface area contributed by atoms with Crippen molar-refractivity contribution in [1.29, 1.82) is 0 Å². The van der Waals surface area contributed by atoms with Gasteiger partial charge in [0.05, 0.1) is 25.5 Å². The molecule has 0 aliphatic carbocycles. The Morgan fingerprint density at radius 1 is 1.53 bits per heavy atom. The summed E-state index contributed by atoms with van der Waals surface area (Å²) < 4.78 is 5.14. The molecular formula is C11H19NO4S. The van der Waals surface area contributed by atoms with Gasteiger partial charge in [0, 0.05) is 24.7 Å². The summed E-state index contributed by atoms with van der Waals surface area (Å²) in [6.45, 7) is 3.54. The van der Waals surface area contributed by atoms with E-state index in [1.807, 2.05) is 6.92 Å². The molecule has 0 bridgehead atoms. The van der Waals surface area contributed by atoms with Crippen molar-refractivity contribution in [3.8, 4) is 0 Å². The lowest BCUT2D eigenvalue weighted by molar-refractivity contribution is -0.140. The minimum Gasteiger partial charge on any atom is -0.481 e. The van der Waals surface area contributed by atoms with Gasteiger partial charge in [0.1, 0.15) is 0 Å². The van der Waals surface area contributed by atoms with Gasteiger partial charge < -0.3 is 14.7 Å². The van der Waals surface area contributed by atoms with Gasteiger partial charge in [0.2, 0.25) is 5.91 Å². The van der Waals surface area contributed by atoms with Gasteiger partial charge in [-0.15, -0.1) is 0 Å². The van der Waals surface area contributed by atoms with Gasteiger partial charge in [-0.05, 0) is 6.92 Å². The molecule has 1 saturated heterocycles. The monoisotopic (exact) mass is 261 g/mol. The summed E-state index contributed by atoms with van der Waals surface area (Å²) in [5.74, 6) is 0.758. The average Bonchev–Trinajstić information content (AvgIpc) is 2.29. The van der Waals surface area contributed by atoms with Crippen LogP contribution in [0.15, 0.2) is 0 Å². The molecule has 0 radical (unpaired) electrons. The van der Waals surface area contributed by atoms with Crippen molar-refractivity contribution < 1.29 is 19.4 Å². The number of amides is 1. The molecule has 0 saturated carbocycles. The number of ether oxygens (including phenoxy) is 1. The maximum absolute atomic E-state index is 11.9. The standard InChI is InChI=1S/C11H19NO4S/c1-2-16-5-3-10(13)12-4-6-17-8-9(12)7-11(14)15/h9H,2-8H2,1H3,(H,14,15). The van der Waals surface area contributed by atoms with Gasteiger partial charge in [-0.3, -0.25) is 9.59 Å². The first-order valence-corrected chi connectivity index (χ1v) is 6.97. The van der Waals surface area contributed by atoms with Crippen LogP contribution in [0.25, 0.3) is 0 Å². The van der Waals surface area contributed by atoms with Crippen molar-refractivity contribution in [1.82, 2.24) is 4.90 Å². The number of thioether (sulfide) groups is 1. The summed E-state index contributed by atoms with van der Waals surface area (Å²) in [7, 11) is 0. The van der Waals surface area contributed by atoms with E-state index in [9.17, 15) is 9.59 Å². The normalized spacial score (nSPS) is 20.3. The molecule has 98 valence electrons. The summed E-state index contributed by atoms with van der Waals surface area (Å²) in [5.41, 5.74) is 0. The highest BCUT2D eigenvalue weighted by Gasteiger charge is 2.28. The molecule has 1 unspecified atom stereocenters. The fourth-order valence-electron chi connectivity index (χ4n) is 1.80. The molecule has 6 heteroatoms. The predicted molar refractivity (Wildman–Crippen MR) is 66.2 cm³/mol. The zero-order valence-electron chi connectivity index (χ0n) is 10.1. The van der Waals surface area contributed by atoms with Crippen molar-refractivity contribution in [3.05, 3.63) is 0 Å². The van der Waals surface area contributed by atoms with Crippen LogP contribution in [0.3, 0.4) is 0 Å². The fourth-order valence-corrected chi connectivity index (χ4v) is 2.86. The maximum atomic E-state index is 11.9. The van der Waals surface area contributed by atoms with Crippen LogP contribution in [0.5, 0.6) is 0 Å². The van der Waals surface area contributed by atoms with Crippen LogP contribution in [0, 0.1) is 0 Å². The van der Waals surface area contributed by atoms with Crippen molar-refractivity contribution in [2.75, 3.05) is 31.3 Å². The van der Waals surface area contributed by atoms with Crippen LogP contribution in [-0.4, -0.2) is 59.2 Å². The SMILES string of the molecule is CCOCCC(=O)N1CCSCC1CC(=O)O. The fraction of sp³-hybridized carbons (Fsp3) is 0.818. The Hall–Kier alpha value is -0.750. The number of rotatable bonds is 6. The van der Waals surface area contributed by atoms with Crippen LogP contribution in [-0.2, 0) is 14.3 Å². The van der Waals surface area contributed by atoms with E-state index >= 15 is 0 Å². The molecule has 0 spiro atoms. The van der Waals surface area contributed by atoms with Crippen LogP contribution >= 0.6 is 11.8 Å². The van der Waals surface area contributed by atoms with E-state index in [-0.39, 0.29) is 18.4 Å². The maximum Gasteiger partial charge on any atom is 0.305 e. The first kappa shape index (κ1) is 14.3. The van der Waals surface area contributed by atoms with Crippen molar-refractivity contribution in [2.45, 2.75) is 25.8 Å². The van der Waals surface area contributed by atoms with Crippen LogP contribution in [0.4, 0.5) is 0 Å². The molecule has 1 atom stereocenters. The number of aliphatic carboxylic acids is 1. The molecule has 1 rings (SSSR count). The highest BCUT2D eigenvalue weighted by molar-refractivity contribution is 7.99. The van der Waals surface area contributed by atoms with Crippen LogP contribution in [0.2, 0.25) is 0 Å². The molecule has 0 aromatic carbocycles. The second-order valence-corrected chi connectivity index (χ2v) is 5.01. The number of carboxylic acids is 1. The van der Waals surface area contributed by atoms with Crippen LogP contribution in [0.1, 0.15) is 19.8 Å². The van der Waals surface area contributed by atoms with E-state index in [0.29, 0.717) is 31.9 Å². The smallest absolute Gasteiger partial charge is 0.305 e. The van der Waals surface area contributed by atoms with Crippen molar-refractivity contribution >= 4 is 23.6 Å². The molecule has 1 heterocycles. The quantitative estimate of drug-likeness (QED) is 0.717. The Kier molecular flexibility index (Phi) is 6.36. The van der Waals surface area contributed by atoms with Crippen LogP contribution < -0.4 is 0 Å². The number of carboxylic acid groups (broad SMARTS) is 1. The summed E-state index contributed by atoms with van der Waals surface area (Å²) in [6.07, 6.45) is 0.377. The molecule has 0 aromatic rings. The molecule has 1 amide bonds. The first-order valence-electron chi connectivity index (χ1n) is 5.82. The van der Waals surface area contributed by atoms with E-state index in [4.69, 9.17) is 9.84 Å². The molecule has 0 aromatic heterocycles. The van der Waals surface area contributed by atoms with E-state index in [2.05, 4.69) is 0 Å². The number of hydrogen-bond donors (Lipinski definition) is 1. The summed E-state index contributed by atoms with van der Waals surface area (Å²) in [4.78, 5) is 24.3. The Morgan fingerprint density at radius 3 is 2.94 bits per heavy atom. The van der Waals surface area contributed by atoms with Crippen molar-refractivity contribution in [2.24, 2.45) is 0 Å². The largest absolute Gasteiger partial charge is 0.481 e. The molecular weight excluding hydrogens is 242 g/mol. The van der Waals surface area contributed by atoms with E-state index in [1.165, 1.54) is 0 Å². The third-order valence-corrected chi connectivity index (χ3v) is 3.71. The number of carbonyl (C=O) groups is 2. The summed E-state index contributed by atoms with van der Waals surface area (Å²) >= 11 is 1.71. The van der Waals surface area contributed by atoms with Gasteiger partial charge in [-0.1, -0.05) is 0 Å². The van der Waals surface area contributed by atoms with Gasteiger partial charge in [-0.2, -0.15) is 11.8 Å². The Morgan fingerprint density at radius 2 is 2.29 bits per heavy atom. The molecule has 1 fully saturated rings. The lowest BCUT2D eigenvalue weighted by Crippen LogP contribution is -2.47. The molecule has 1 aliphatic rings. The third kappa shape index (κ3) is 4.95. The average molecular weight is 261 g/mol. The van der Waals surface area contributed by atoms with E-state index < -0.39 is 5.97 Å². The van der Waals surface area contributed by atoms with Gasteiger partial charge in [-0.25, -0.2) is 0 Å². The number of nitrogens with zero attached hydrogens (tertiary/aromatic N) is 1. The third-order valence-electron chi connectivity index (χ3n) is 2.62.